The van der Waals surface area contributed by atoms with E-state index in [2.05, 4.69) is 46.2 Å². The highest BCUT2D eigenvalue weighted by Gasteiger charge is 2.18. The van der Waals surface area contributed by atoms with Crippen LogP contribution in [0.4, 0.5) is 0 Å². The molecule has 0 bridgehead atoms. The molecule has 1 amide bonds. The van der Waals surface area contributed by atoms with Crippen molar-refractivity contribution in [1.29, 1.82) is 0 Å². The smallest absolute Gasteiger partial charge is 0.252 e. The molecule has 0 aliphatic carbocycles. The van der Waals surface area contributed by atoms with Crippen LogP contribution in [0, 0.1) is 13.5 Å². The Morgan fingerprint density at radius 2 is 1.67 bits per heavy atom. The number of primary amides is 1. The number of aromatic amines is 1. The molecule has 0 aliphatic heterocycles. The first-order valence-corrected chi connectivity index (χ1v) is 8.89. The molecule has 3 N–H and O–H groups in total. The topological polar surface area (TPSA) is 76.1 Å². The number of amides is 1. The van der Waals surface area contributed by atoms with Crippen molar-refractivity contribution in [3.8, 4) is 0 Å². The molecule has 0 saturated carbocycles. The average molecular weight is 358 g/mol. The minimum Gasteiger partial charge on any atom is -0.365 e. The normalized spacial score (nSPS) is 10.5. The van der Waals surface area contributed by atoms with Crippen molar-refractivity contribution < 1.29 is 4.79 Å². The molecule has 0 unspecified atom stereocenters. The lowest BCUT2D eigenvalue weighted by molar-refractivity contribution is 0.0998. The minimum absolute atomic E-state index is 0.375. The average Bonchev–Trinajstić information content (AvgIpc) is 3.06. The third kappa shape index (κ3) is 4.62. The molecule has 0 radical (unpaired) electrons. The zero-order valence-corrected chi connectivity index (χ0v) is 15.3. The zero-order valence-electron chi connectivity index (χ0n) is 15.3. The van der Waals surface area contributed by atoms with Gasteiger partial charge >= 0.3 is 0 Å². The highest BCUT2D eigenvalue weighted by atomic mass is 16.1. The van der Waals surface area contributed by atoms with E-state index in [-0.39, 0.29) is 0 Å². The summed E-state index contributed by atoms with van der Waals surface area (Å²) in [5.74, 6) is -0.456. The van der Waals surface area contributed by atoms with E-state index < -0.39 is 5.91 Å². The maximum Gasteiger partial charge on any atom is 0.252 e. The molecule has 2 aromatic carbocycles. The fourth-order valence-electron chi connectivity index (χ4n) is 3.10. The second-order valence-corrected chi connectivity index (χ2v) is 6.68. The van der Waals surface area contributed by atoms with Gasteiger partial charge in [0.05, 0.1) is 17.0 Å². The van der Waals surface area contributed by atoms with Crippen molar-refractivity contribution in [2.24, 2.45) is 5.73 Å². The number of nitrogens with one attached hydrogen (secondary N) is 1. The maximum absolute atomic E-state index is 12.0. The Hall–Kier alpha value is -3.39. The van der Waals surface area contributed by atoms with Crippen molar-refractivity contribution in [1.82, 2.24) is 10.2 Å². The summed E-state index contributed by atoms with van der Waals surface area (Å²) in [4.78, 5) is 15.4. The Morgan fingerprint density at radius 3 is 2.30 bits per heavy atom. The predicted molar refractivity (Wildman–Crippen MR) is 105 cm³/mol. The summed E-state index contributed by atoms with van der Waals surface area (Å²) in [7, 11) is 0. The molecule has 136 valence electrons. The van der Waals surface area contributed by atoms with Crippen LogP contribution in [0.15, 0.2) is 48.5 Å². The highest BCUT2D eigenvalue weighted by molar-refractivity contribution is 5.95. The van der Waals surface area contributed by atoms with E-state index in [1.165, 1.54) is 11.1 Å². The number of aryl methyl sites for hydroxylation is 3. The number of aromatic nitrogens is 2. The first-order chi connectivity index (χ1) is 13.1. The third-order valence-electron chi connectivity index (χ3n) is 4.60. The van der Waals surface area contributed by atoms with Gasteiger partial charge in [-0.1, -0.05) is 54.1 Å². The molecule has 0 aliphatic rings. The fourth-order valence-corrected chi connectivity index (χ4v) is 3.10. The number of carbonyl (C=O) groups excluding carboxylic acids is 1. The quantitative estimate of drug-likeness (QED) is 0.633. The van der Waals surface area contributed by atoms with E-state index in [4.69, 9.17) is 12.3 Å². The molecule has 0 fully saturated rings. The first kappa shape index (κ1) is 18.4. The van der Waals surface area contributed by atoms with Gasteiger partial charge in [-0.25, -0.2) is 6.57 Å². The summed E-state index contributed by atoms with van der Waals surface area (Å²) in [5, 5.41) is 7.34. The predicted octanol–water partition coefficient (Wildman–Crippen LogP) is 3.61. The van der Waals surface area contributed by atoms with Crippen LogP contribution in [0.2, 0.25) is 0 Å². The number of H-pyrrole nitrogens is 1. The standard InChI is InChI=1S/C22H22N4O/c1-15-3-5-16(6-4-15)11-12-19-21(22(23)27)20(26-25-19)13-17-7-9-18(10-8-17)14-24-2/h3-10H,11-14H2,1H3,(H2,23,27)(H,25,26). The Morgan fingerprint density at radius 1 is 1.04 bits per heavy atom. The molecule has 3 rings (SSSR count). The van der Waals surface area contributed by atoms with Crippen LogP contribution in [0.25, 0.3) is 4.85 Å². The van der Waals surface area contributed by atoms with Gasteiger partial charge in [-0.05, 0) is 30.9 Å². The third-order valence-corrected chi connectivity index (χ3v) is 4.60. The molecule has 0 atom stereocenters. The van der Waals surface area contributed by atoms with E-state index in [9.17, 15) is 4.79 Å². The molecular formula is C22H22N4O. The lowest BCUT2D eigenvalue weighted by Crippen LogP contribution is -2.15. The number of carbonyl (C=O) groups is 1. The molecule has 27 heavy (non-hydrogen) atoms. The number of nitrogens with zero attached hydrogens (tertiary/aromatic N) is 2. The lowest BCUT2D eigenvalue weighted by Gasteiger charge is -2.04. The van der Waals surface area contributed by atoms with Crippen molar-refractivity contribution >= 4 is 5.91 Å². The summed E-state index contributed by atoms with van der Waals surface area (Å²) >= 11 is 0. The number of benzene rings is 2. The van der Waals surface area contributed by atoms with Crippen LogP contribution in [0.3, 0.4) is 0 Å². The molecule has 0 saturated heterocycles. The molecular weight excluding hydrogens is 336 g/mol. The Balaban J connectivity index is 1.75. The number of hydrogen-bond acceptors (Lipinski definition) is 2. The van der Waals surface area contributed by atoms with Crippen molar-refractivity contribution in [3.63, 3.8) is 0 Å². The summed E-state index contributed by atoms with van der Waals surface area (Å²) in [5.41, 5.74) is 12.0. The van der Waals surface area contributed by atoms with Crippen LogP contribution in [0.1, 0.15) is 44.0 Å². The molecule has 3 aromatic rings. The van der Waals surface area contributed by atoms with Gasteiger partial charge < -0.3 is 10.6 Å². The molecule has 5 heteroatoms. The Kier molecular flexibility index (Phi) is 5.68. The van der Waals surface area contributed by atoms with E-state index in [1.54, 1.807) is 0 Å². The van der Waals surface area contributed by atoms with Gasteiger partial charge in [0.2, 0.25) is 6.54 Å². The summed E-state index contributed by atoms with van der Waals surface area (Å²) in [6.07, 6.45) is 2.01. The van der Waals surface area contributed by atoms with E-state index >= 15 is 0 Å². The highest BCUT2D eigenvalue weighted by Crippen LogP contribution is 2.18. The van der Waals surface area contributed by atoms with Gasteiger partial charge in [0, 0.05) is 12.0 Å². The molecule has 1 aromatic heterocycles. The van der Waals surface area contributed by atoms with Gasteiger partial charge in [-0.3, -0.25) is 9.89 Å². The second-order valence-electron chi connectivity index (χ2n) is 6.68. The maximum atomic E-state index is 12.0. The van der Waals surface area contributed by atoms with Crippen LogP contribution in [0.5, 0.6) is 0 Å². The van der Waals surface area contributed by atoms with Gasteiger partial charge in [0.15, 0.2) is 0 Å². The van der Waals surface area contributed by atoms with Crippen LogP contribution < -0.4 is 5.73 Å². The van der Waals surface area contributed by atoms with Gasteiger partial charge in [-0.2, -0.15) is 5.10 Å². The largest absolute Gasteiger partial charge is 0.365 e. The Labute approximate surface area is 159 Å². The first-order valence-electron chi connectivity index (χ1n) is 8.89. The van der Waals surface area contributed by atoms with Gasteiger partial charge in [0.1, 0.15) is 0 Å². The van der Waals surface area contributed by atoms with E-state index in [1.807, 2.05) is 24.3 Å². The summed E-state index contributed by atoms with van der Waals surface area (Å²) in [6.45, 7) is 9.36. The second kappa shape index (κ2) is 8.33. The summed E-state index contributed by atoms with van der Waals surface area (Å²) in [6, 6.07) is 16.2. The summed E-state index contributed by atoms with van der Waals surface area (Å²) < 4.78 is 0. The molecule has 5 nitrogen and oxygen atoms in total. The molecule has 1 heterocycles. The SMILES string of the molecule is [C-]#[N+]Cc1ccc(Cc2[nH]nc(CCc3ccc(C)cc3)c2C(N)=O)cc1. The minimum atomic E-state index is -0.456. The molecule has 0 spiro atoms. The van der Waals surface area contributed by atoms with Gasteiger partial charge in [0.25, 0.3) is 5.91 Å². The zero-order chi connectivity index (χ0) is 19.2. The Bertz CT molecular complexity index is 963. The number of rotatable bonds is 7. The van der Waals surface area contributed by atoms with Crippen molar-refractivity contribution in [2.75, 3.05) is 0 Å². The van der Waals surface area contributed by atoms with Gasteiger partial charge in [-0.15, -0.1) is 0 Å². The van der Waals surface area contributed by atoms with E-state index in [0.717, 1.165) is 23.2 Å². The van der Waals surface area contributed by atoms with Crippen LogP contribution >= 0.6 is 0 Å². The number of hydrogen-bond donors (Lipinski definition) is 2. The number of nitrogens with two attached hydrogens (primary N) is 1. The van der Waals surface area contributed by atoms with Crippen LogP contribution in [-0.2, 0) is 25.8 Å². The van der Waals surface area contributed by atoms with Crippen LogP contribution in [-0.4, -0.2) is 16.1 Å². The van der Waals surface area contributed by atoms with Crippen molar-refractivity contribution in [3.05, 3.63) is 99.2 Å². The monoisotopic (exact) mass is 358 g/mol. The van der Waals surface area contributed by atoms with Crippen molar-refractivity contribution in [2.45, 2.75) is 32.7 Å². The van der Waals surface area contributed by atoms with E-state index in [0.29, 0.717) is 30.6 Å². The fraction of sp³-hybridized carbons (Fsp3) is 0.227. The lowest BCUT2D eigenvalue weighted by atomic mass is 10.0.